The van der Waals surface area contributed by atoms with Crippen molar-refractivity contribution in [2.45, 2.75) is 125 Å². The molecule has 2 aromatic rings. The van der Waals surface area contributed by atoms with Gasteiger partial charge in [0.1, 0.15) is 5.69 Å². The smallest absolute Gasteiger partial charge is 0.227 e. The number of hydrogen-bond acceptors (Lipinski definition) is 4. The fourth-order valence-corrected chi connectivity index (χ4v) is 12.2. The number of nitrogens with one attached hydrogen (secondary N) is 1. The SMILES string of the molecule is CC1(C)CC[C@]2(C(=O)NCc3cc(-c4ccccc4)no3)CC[C@]3(C)C(=CCC4[C@@]5(C)CC[C@H](N)C(C)(C)C5CC[C@]43C)[C@@H]2C1.Cl. The molecule has 1 heterocycles. The molecule has 0 radical (unpaired) electrons. The summed E-state index contributed by atoms with van der Waals surface area (Å²) < 4.78 is 5.69. The lowest BCUT2D eigenvalue weighted by atomic mass is 9.33. The van der Waals surface area contributed by atoms with Gasteiger partial charge in [0, 0.05) is 17.7 Å². The number of rotatable bonds is 4. The van der Waals surface area contributed by atoms with Gasteiger partial charge in [-0.25, -0.2) is 0 Å². The van der Waals surface area contributed by atoms with E-state index in [2.05, 4.69) is 65.0 Å². The summed E-state index contributed by atoms with van der Waals surface area (Å²) in [7, 11) is 0. The van der Waals surface area contributed by atoms with Crippen LogP contribution in [0.3, 0.4) is 0 Å². The van der Waals surface area contributed by atoms with Gasteiger partial charge in [-0.1, -0.05) is 95.6 Å². The number of carbonyl (C=O) groups is 1. The number of allylic oxidation sites excluding steroid dienone is 2. The van der Waals surface area contributed by atoms with Crippen molar-refractivity contribution in [3.05, 3.63) is 53.8 Å². The lowest BCUT2D eigenvalue weighted by molar-refractivity contribution is -0.186. The zero-order valence-electron chi connectivity index (χ0n) is 29.4. The Kier molecular flexibility index (Phi) is 8.24. The van der Waals surface area contributed by atoms with Crippen molar-refractivity contribution < 1.29 is 9.32 Å². The molecule has 5 aliphatic rings. The highest BCUT2D eigenvalue weighted by atomic mass is 35.5. The summed E-state index contributed by atoms with van der Waals surface area (Å²) in [5.41, 5.74) is 11.0. The van der Waals surface area contributed by atoms with Crippen molar-refractivity contribution in [3.8, 4) is 11.3 Å². The standard InChI is InChI=1S/C40H57N3O2.ClH/c1-35(2)19-21-40(34(44)42-25-27-23-30(43-45-27)26-11-9-8-10-12-26)22-20-38(6)28(29(40)24-35)13-14-32-37(5)17-16-33(41)36(3,4)31(37)15-18-39(32,38)7;/h8-13,23,29,31-33H,14-22,24-25,41H2,1-7H3,(H,42,44);1H/t29-,31?,32?,33-,37-,38+,39+,40-;/m0./s1. The van der Waals surface area contributed by atoms with E-state index in [0.29, 0.717) is 35.6 Å². The summed E-state index contributed by atoms with van der Waals surface area (Å²) in [4.78, 5) is 14.5. The van der Waals surface area contributed by atoms with Crippen LogP contribution in [0.4, 0.5) is 0 Å². The first-order chi connectivity index (χ1) is 21.2. The molecule has 3 N–H and O–H groups in total. The average Bonchev–Trinajstić information content (AvgIpc) is 3.48. The fourth-order valence-electron chi connectivity index (χ4n) is 12.2. The second-order valence-corrected chi connectivity index (χ2v) is 18.1. The molecule has 46 heavy (non-hydrogen) atoms. The Labute approximate surface area is 283 Å². The highest BCUT2D eigenvalue weighted by Gasteiger charge is 2.69. The summed E-state index contributed by atoms with van der Waals surface area (Å²) >= 11 is 0. The maximum Gasteiger partial charge on any atom is 0.227 e. The van der Waals surface area contributed by atoms with E-state index in [9.17, 15) is 4.79 Å². The van der Waals surface area contributed by atoms with Crippen molar-refractivity contribution in [3.63, 3.8) is 0 Å². The summed E-state index contributed by atoms with van der Waals surface area (Å²) in [6.07, 6.45) is 14.0. The third-order valence-electron chi connectivity index (χ3n) is 15.3. The predicted octanol–water partition coefficient (Wildman–Crippen LogP) is 9.51. The van der Waals surface area contributed by atoms with Gasteiger partial charge in [0.25, 0.3) is 0 Å². The van der Waals surface area contributed by atoms with Crippen LogP contribution in [-0.4, -0.2) is 17.1 Å². The van der Waals surface area contributed by atoms with Gasteiger partial charge in [-0.15, -0.1) is 12.4 Å². The minimum Gasteiger partial charge on any atom is -0.359 e. The number of halogens is 1. The van der Waals surface area contributed by atoms with E-state index in [1.807, 2.05) is 36.4 Å². The first-order valence-corrected chi connectivity index (χ1v) is 17.9. The van der Waals surface area contributed by atoms with Crippen molar-refractivity contribution in [2.75, 3.05) is 0 Å². The van der Waals surface area contributed by atoms with Crippen LogP contribution in [-0.2, 0) is 11.3 Å². The highest BCUT2D eigenvalue weighted by Crippen LogP contribution is 2.75. The number of hydrogen-bond donors (Lipinski definition) is 2. The van der Waals surface area contributed by atoms with Crippen molar-refractivity contribution in [1.82, 2.24) is 10.5 Å². The van der Waals surface area contributed by atoms with Gasteiger partial charge in [-0.05, 0) is 109 Å². The Bertz CT molecular complexity index is 1500. The molecule has 4 saturated carbocycles. The molecular formula is C40H58ClN3O2. The van der Waals surface area contributed by atoms with E-state index in [1.165, 1.54) is 19.3 Å². The molecule has 0 bridgehead atoms. The highest BCUT2D eigenvalue weighted by molar-refractivity contribution is 5.85. The van der Waals surface area contributed by atoms with Gasteiger partial charge in [0.2, 0.25) is 5.91 Å². The summed E-state index contributed by atoms with van der Waals surface area (Å²) in [5, 5.41) is 7.66. The van der Waals surface area contributed by atoms with Crippen molar-refractivity contribution in [1.29, 1.82) is 0 Å². The van der Waals surface area contributed by atoms with E-state index in [1.54, 1.807) is 5.57 Å². The van der Waals surface area contributed by atoms with E-state index in [-0.39, 0.29) is 51.3 Å². The van der Waals surface area contributed by atoms with Gasteiger partial charge in [0.05, 0.1) is 12.0 Å². The molecule has 6 heteroatoms. The predicted molar refractivity (Wildman–Crippen MR) is 188 cm³/mol. The molecule has 1 aromatic heterocycles. The lowest BCUT2D eigenvalue weighted by Crippen LogP contribution is -2.66. The van der Waals surface area contributed by atoms with Crippen LogP contribution < -0.4 is 11.1 Å². The average molecular weight is 648 g/mol. The Morgan fingerprint density at radius 3 is 2.39 bits per heavy atom. The molecule has 5 aliphatic carbocycles. The molecule has 2 unspecified atom stereocenters. The minimum absolute atomic E-state index is 0. The molecule has 1 amide bonds. The normalized spacial score (nSPS) is 40.6. The van der Waals surface area contributed by atoms with Crippen molar-refractivity contribution >= 4 is 18.3 Å². The zero-order valence-corrected chi connectivity index (χ0v) is 30.2. The molecule has 5 nitrogen and oxygen atoms in total. The number of amides is 1. The molecule has 1 aromatic carbocycles. The van der Waals surface area contributed by atoms with Crippen LogP contribution in [0, 0.1) is 50.2 Å². The molecule has 252 valence electrons. The minimum atomic E-state index is -0.354. The first kappa shape index (κ1) is 33.8. The quantitative estimate of drug-likeness (QED) is 0.324. The Morgan fingerprint density at radius 2 is 1.65 bits per heavy atom. The van der Waals surface area contributed by atoms with Crippen LogP contribution in [0.5, 0.6) is 0 Å². The van der Waals surface area contributed by atoms with Crippen LogP contribution in [0.1, 0.15) is 118 Å². The second kappa shape index (κ2) is 11.2. The third kappa shape index (κ3) is 4.79. The second-order valence-electron chi connectivity index (χ2n) is 18.1. The van der Waals surface area contributed by atoms with Gasteiger partial charge in [-0.3, -0.25) is 4.79 Å². The van der Waals surface area contributed by atoms with Gasteiger partial charge in [0.15, 0.2) is 5.76 Å². The molecule has 4 fully saturated rings. The van der Waals surface area contributed by atoms with Gasteiger partial charge < -0.3 is 15.6 Å². The fraction of sp³-hybridized carbons (Fsp3) is 0.700. The van der Waals surface area contributed by atoms with Crippen molar-refractivity contribution in [2.24, 2.45) is 56.0 Å². The van der Waals surface area contributed by atoms with E-state index in [0.717, 1.165) is 56.2 Å². The van der Waals surface area contributed by atoms with Crippen LogP contribution in [0.25, 0.3) is 11.3 Å². The molecule has 0 spiro atoms. The van der Waals surface area contributed by atoms with Gasteiger partial charge >= 0.3 is 0 Å². The van der Waals surface area contributed by atoms with Crippen LogP contribution in [0.15, 0.2) is 52.6 Å². The monoisotopic (exact) mass is 647 g/mol. The zero-order chi connectivity index (χ0) is 32.0. The maximum atomic E-state index is 14.5. The Hall–Kier alpha value is -2.11. The number of aromatic nitrogens is 1. The van der Waals surface area contributed by atoms with E-state index < -0.39 is 0 Å². The van der Waals surface area contributed by atoms with Crippen LogP contribution >= 0.6 is 12.4 Å². The number of carbonyl (C=O) groups excluding carboxylic acids is 1. The third-order valence-corrected chi connectivity index (χ3v) is 15.3. The molecule has 8 atom stereocenters. The Morgan fingerprint density at radius 1 is 0.935 bits per heavy atom. The first-order valence-electron chi connectivity index (χ1n) is 17.9. The number of nitrogens with two attached hydrogens (primary N) is 1. The van der Waals surface area contributed by atoms with E-state index in [4.69, 9.17) is 10.3 Å². The lowest BCUT2D eigenvalue weighted by Gasteiger charge is -2.71. The van der Waals surface area contributed by atoms with E-state index >= 15 is 0 Å². The molecular weight excluding hydrogens is 590 g/mol. The maximum absolute atomic E-state index is 14.5. The summed E-state index contributed by atoms with van der Waals surface area (Å²) in [5.74, 6) is 2.54. The largest absolute Gasteiger partial charge is 0.359 e. The molecule has 7 rings (SSSR count). The summed E-state index contributed by atoms with van der Waals surface area (Å²) in [6, 6.07) is 12.3. The van der Waals surface area contributed by atoms with Gasteiger partial charge in [-0.2, -0.15) is 0 Å². The Balaban J connectivity index is 0.00000372. The van der Waals surface area contributed by atoms with Crippen LogP contribution in [0.2, 0.25) is 0 Å². The topological polar surface area (TPSA) is 81.2 Å². The molecule has 0 aliphatic heterocycles. The number of fused-ring (bicyclic) bond motifs is 7. The molecule has 0 saturated heterocycles. The number of nitrogens with zero attached hydrogens (tertiary/aromatic N) is 1. The summed E-state index contributed by atoms with van der Waals surface area (Å²) in [6.45, 7) is 18.0. The number of benzene rings is 1.